The standard InChI is InChI=1S/C13H17BrFN/c14-13-5-4-11(15)7-10(13)8-12(16)6-9-2-1-3-9/h4-5,7,9,12H,1-3,6,8,16H2. The lowest BCUT2D eigenvalue weighted by molar-refractivity contribution is 0.275. The summed E-state index contributed by atoms with van der Waals surface area (Å²) in [5.74, 6) is 0.622. The molecule has 0 aromatic heterocycles. The van der Waals surface area contributed by atoms with Crippen LogP contribution in [0.15, 0.2) is 22.7 Å². The maximum absolute atomic E-state index is 13.1. The van der Waals surface area contributed by atoms with Crippen molar-refractivity contribution in [1.29, 1.82) is 0 Å². The van der Waals surface area contributed by atoms with Crippen LogP contribution in [0.4, 0.5) is 4.39 Å². The summed E-state index contributed by atoms with van der Waals surface area (Å²) in [4.78, 5) is 0. The highest BCUT2D eigenvalue weighted by atomic mass is 79.9. The molecule has 0 heterocycles. The summed E-state index contributed by atoms with van der Waals surface area (Å²) in [6.07, 6.45) is 5.81. The minimum atomic E-state index is -0.186. The minimum absolute atomic E-state index is 0.156. The zero-order valence-electron chi connectivity index (χ0n) is 9.26. The van der Waals surface area contributed by atoms with E-state index in [0.29, 0.717) is 0 Å². The molecule has 1 aliphatic rings. The van der Waals surface area contributed by atoms with Gasteiger partial charge in [-0.15, -0.1) is 0 Å². The number of nitrogens with two attached hydrogens (primary N) is 1. The van der Waals surface area contributed by atoms with Gasteiger partial charge in [-0.25, -0.2) is 4.39 Å². The van der Waals surface area contributed by atoms with Gasteiger partial charge in [0, 0.05) is 10.5 Å². The van der Waals surface area contributed by atoms with E-state index in [1.165, 1.54) is 25.3 Å². The molecule has 0 radical (unpaired) electrons. The number of hydrogen-bond donors (Lipinski definition) is 1. The molecular formula is C13H17BrFN. The van der Waals surface area contributed by atoms with Crippen molar-refractivity contribution in [2.75, 3.05) is 0 Å². The molecule has 1 nitrogen and oxygen atoms in total. The van der Waals surface area contributed by atoms with Crippen LogP contribution in [-0.4, -0.2) is 6.04 Å². The zero-order chi connectivity index (χ0) is 11.5. The van der Waals surface area contributed by atoms with E-state index in [1.807, 2.05) is 0 Å². The Morgan fingerprint density at radius 1 is 1.44 bits per heavy atom. The second-order valence-corrected chi connectivity index (χ2v) is 5.59. The molecule has 1 fully saturated rings. The summed E-state index contributed by atoms with van der Waals surface area (Å²) in [6.45, 7) is 0. The Balaban J connectivity index is 1.93. The Morgan fingerprint density at radius 2 is 2.19 bits per heavy atom. The van der Waals surface area contributed by atoms with Gasteiger partial charge in [0.2, 0.25) is 0 Å². The van der Waals surface area contributed by atoms with Crippen molar-refractivity contribution >= 4 is 15.9 Å². The lowest BCUT2D eigenvalue weighted by Gasteiger charge is -2.28. The summed E-state index contributed by atoms with van der Waals surface area (Å²) in [7, 11) is 0. The SMILES string of the molecule is NC(Cc1cc(F)ccc1Br)CC1CCC1. The summed E-state index contributed by atoms with van der Waals surface area (Å²) < 4.78 is 14.0. The Morgan fingerprint density at radius 3 is 2.81 bits per heavy atom. The van der Waals surface area contributed by atoms with Gasteiger partial charge in [0.05, 0.1) is 0 Å². The van der Waals surface area contributed by atoms with E-state index in [9.17, 15) is 4.39 Å². The summed E-state index contributed by atoms with van der Waals surface area (Å²) >= 11 is 3.43. The number of halogens is 2. The van der Waals surface area contributed by atoms with E-state index in [1.54, 1.807) is 12.1 Å². The van der Waals surface area contributed by atoms with Crippen LogP contribution in [0.3, 0.4) is 0 Å². The first-order chi connectivity index (χ1) is 7.65. The van der Waals surface area contributed by atoms with Crippen LogP contribution < -0.4 is 5.73 Å². The van der Waals surface area contributed by atoms with Gasteiger partial charge in [-0.1, -0.05) is 35.2 Å². The van der Waals surface area contributed by atoms with Crippen molar-refractivity contribution in [2.45, 2.75) is 38.1 Å². The average Bonchev–Trinajstić information content (AvgIpc) is 2.18. The highest BCUT2D eigenvalue weighted by Gasteiger charge is 2.20. The fourth-order valence-corrected chi connectivity index (χ4v) is 2.63. The third-order valence-electron chi connectivity index (χ3n) is 3.35. The lowest BCUT2D eigenvalue weighted by Crippen LogP contribution is -2.28. The molecule has 1 aliphatic carbocycles. The molecule has 0 saturated heterocycles. The van der Waals surface area contributed by atoms with E-state index < -0.39 is 0 Å². The van der Waals surface area contributed by atoms with Crippen LogP contribution in [-0.2, 0) is 6.42 Å². The van der Waals surface area contributed by atoms with Gasteiger partial charge in [0.15, 0.2) is 0 Å². The second kappa shape index (κ2) is 5.28. The molecular weight excluding hydrogens is 269 g/mol. The van der Waals surface area contributed by atoms with E-state index >= 15 is 0 Å². The predicted molar refractivity (Wildman–Crippen MR) is 67.7 cm³/mol. The molecule has 88 valence electrons. The van der Waals surface area contributed by atoms with Gasteiger partial charge >= 0.3 is 0 Å². The third kappa shape index (κ3) is 3.05. The molecule has 1 unspecified atom stereocenters. The molecule has 1 aromatic carbocycles. The van der Waals surface area contributed by atoms with Gasteiger partial charge in [-0.3, -0.25) is 0 Å². The zero-order valence-corrected chi connectivity index (χ0v) is 10.8. The van der Waals surface area contributed by atoms with Crippen molar-refractivity contribution in [1.82, 2.24) is 0 Å². The third-order valence-corrected chi connectivity index (χ3v) is 4.12. The fourth-order valence-electron chi connectivity index (χ4n) is 2.22. The first-order valence-corrected chi connectivity index (χ1v) is 6.64. The first kappa shape index (κ1) is 12.1. The summed E-state index contributed by atoms with van der Waals surface area (Å²) in [5, 5.41) is 0. The molecule has 2 N–H and O–H groups in total. The van der Waals surface area contributed by atoms with Crippen molar-refractivity contribution < 1.29 is 4.39 Å². The molecule has 0 bridgehead atoms. The van der Waals surface area contributed by atoms with Crippen molar-refractivity contribution in [3.63, 3.8) is 0 Å². The topological polar surface area (TPSA) is 26.0 Å². The molecule has 0 spiro atoms. The second-order valence-electron chi connectivity index (χ2n) is 4.73. The van der Waals surface area contributed by atoms with Crippen LogP contribution >= 0.6 is 15.9 Å². The number of rotatable bonds is 4. The van der Waals surface area contributed by atoms with Crippen LogP contribution in [0.5, 0.6) is 0 Å². The molecule has 2 rings (SSSR count). The lowest BCUT2D eigenvalue weighted by atomic mass is 9.80. The largest absolute Gasteiger partial charge is 0.327 e. The monoisotopic (exact) mass is 285 g/mol. The highest BCUT2D eigenvalue weighted by molar-refractivity contribution is 9.10. The quantitative estimate of drug-likeness (QED) is 0.898. The Hall–Kier alpha value is -0.410. The minimum Gasteiger partial charge on any atom is -0.327 e. The van der Waals surface area contributed by atoms with Crippen LogP contribution in [0.25, 0.3) is 0 Å². The summed E-state index contributed by atoms with van der Waals surface area (Å²) in [6, 6.07) is 4.94. The van der Waals surface area contributed by atoms with E-state index in [2.05, 4.69) is 15.9 Å². The number of benzene rings is 1. The van der Waals surface area contributed by atoms with Crippen LogP contribution in [0.1, 0.15) is 31.2 Å². The van der Waals surface area contributed by atoms with Gasteiger partial charge < -0.3 is 5.73 Å². The molecule has 1 saturated carbocycles. The Kier molecular flexibility index (Phi) is 3.98. The Bertz CT molecular complexity index is 363. The highest BCUT2D eigenvalue weighted by Crippen LogP contribution is 2.31. The molecule has 3 heteroatoms. The summed E-state index contributed by atoms with van der Waals surface area (Å²) in [5.41, 5.74) is 7.07. The van der Waals surface area contributed by atoms with Crippen LogP contribution in [0, 0.1) is 11.7 Å². The van der Waals surface area contributed by atoms with E-state index in [0.717, 1.165) is 28.8 Å². The number of hydrogen-bond acceptors (Lipinski definition) is 1. The smallest absolute Gasteiger partial charge is 0.123 e. The fraction of sp³-hybridized carbons (Fsp3) is 0.538. The average molecular weight is 286 g/mol. The van der Waals surface area contributed by atoms with Gasteiger partial charge in [0.1, 0.15) is 5.82 Å². The van der Waals surface area contributed by atoms with Gasteiger partial charge in [0.25, 0.3) is 0 Å². The maximum Gasteiger partial charge on any atom is 0.123 e. The maximum atomic E-state index is 13.1. The molecule has 0 amide bonds. The predicted octanol–water partition coefficient (Wildman–Crippen LogP) is 3.65. The van der Waals surface area contributed by atoms with E-state index in [4.69, 9.17) is 5.73 Å². The first-order valence-electron chi connectivity index (χ1n) is 5.84. The normalized spacial score (nSPS) is 18.2. The molecule has 1 atom stereocenters. The van der Waals surface area contributed by atoms with Crippen LogP contribution in [0.2, 0.25) is 0 Å². The van der Waals surface area contributed by atoms with Crippen molar-refractivity contribution in [2.24, 2.45) is 11.7 Å². The van der Waals surface area contributed by atoms with E-state index in [-0.39, 0.29) is 11.9 Å². The molecule has 0 aliphatic heterocycles. The Labute approximate surface area is 104 Å². The van der Waals surface area contributed by atoms with Gasteiger partial charge in [-0.05, 0) is 42.5 Å². The van der Waals surface area contributed by atoms with Gasteiger partial charge in [-0.2, -0.15) is 0 Å². The van der Waals surface area contributed by atoms with Crippen molar-refractivity contribution in [3.8, 4) is 0 Å². The molecule has 16 heavy (non-hydrogen) atoms. The molecule has 1 aromatic rings. The van der Waals surface area contributed by atoms with Crippen molar-refractivity contribution in [3.05, 3.63) is 34.1 Å².